The highest BCUT2D eigenvalue weighted by Crippen LogP contribution is 2.25. The number of amides is 1. The van der Waals surface area contributed by atoms with E-state index >= 15 is 0 Å². The average molecular weight is 414 g/mol. The number of H-pyrrole nitrogens is 1. The second-order valence-corrected chi connectivity index (χ2v) is 8.14. The summed E-state index contributed by atoms with van der Waals surface area (Å²) in [6.45, 7) is 5.29. The fraction of sp³-hybridized carbons (Fsp3) is 0.400. The van der Waals surface area contributed by atoms with Crippen molar-refractivity contribution >= 4 is 34.5 Å². The Balaban J connectivity index is 1.52. The van der Waals surface area contributed by atoms with Gasteiger partial charge in [-0.15, -0.1) is 0 Å². The van der Waals surface area contributed by atoms with E-state index in [0.717, 1.165) is 36.3 Å². The van der Waals surface area contributed by atoms with Gasteiger partial charge in [-0.2, -0.15) is 0 Å². The Hall–Kier alpha value is -2.65. The Morgan fingerprint density at radius 2 is 2.28 bits per heavy atom. The fourth-order valence-electron chi connectivity index (χ4n) is 3.46. The summed E-state index contributed by atoms with van der Waals surface area (Å²) >= 11 is 1.29. The lowest BCUT2D eigenvalue weighted by molar-refractivity contribution is -0.113. The first kappa shape index (κ1) is 19.7. The van der Waals surface area contributed by atoms with Gasteiger partial charge in [-0.25, -0.2) is 9.97 Å². The Morgan fingerprint density at radius 1 is 1.41 bits per heavy atom. The van der Waals surface area contributed by atoms with Crippen LogP contribution < -0.4 is 10.9 Å². The Kier molecular flexibility index (Phi) is 5.68. The molecular formula is C20H23N5O3S. The third-order valence-electron chi connectivity index (χ3n) is 4.90. The summed E-state index contributed by atoms with van der Waals surface area (Å²) in [5, 5.41) is 3.53. The van der Waals surface area contributed by atoms with Crippen LogP contribution in [0.25, 0.3) is 11.2 Å². The number of hydrogen-bond donors (Lipinski definition) is 2. The van der Waals surface area contributed by atoms with Gasteiger partial charge in [-0.3, -0.25) is 9.59 Å². The molecule has 4 rings (SSSR count). The van der Waals surface area contributed by atoms with Gasteiger partial charge in [-0.05, 0) is 38.3 Å². The van der Waals surface area contributed by atoms with Gasteiger partial charge in [-0.1, -0.05) is 29.5 Å². The lowest BCUT2D eigenvalue weighted by Gasteiger charge is -2.13. The van der Waals surface area contributed by atoms with Gasteiger partial charge in [0.2, 0.25) is 5.91 Å². The number of anilines is 1. The smallest absolute Gasteiger partial charge is 0.278 e. The van der Waals surface area contributed by atoms with E-state index < -0.39 is 0 Å². The molecule has 1 aliphatic heterocycles. The molecule has 0 saturated carbocycles. The quantitative estimate of drug-likeness (QED) is 0.603. The molecule has 1 atom stereocenters. The van der Waals surface area contributed by atoms with Crippen molar-refractivity contribution in [2.24, 2.45) is 0 Å². The summed E-state index contributed by atoms with van der Waals surface area (Å²) in [6.07, 6.45) is 3.42. The maximum atomic E-state index is 12.5. The number of ether oxygens (including phenoxy) is 1. The Labute approximate surface area is 172 Å². The molecule has 1 unspecified atom stereocenters. The Morgan fingerprint density at radius 3 is 3.03 bits per heavy atom. The number of carbonyl (C=O) groups is 1. The minimum Gasteiger partial charge on any atom is -0.376 e. The van der Waals surface area contributed by atoms with E-state index in [1.807, 2.05) is 36.6 Å². The number of rotatable bonds is 6. The number of imidazole rings is 1. The molecule has 1 amide bonds. The van der Waals surface area contributed by atoms with Crippen molar-refractivity contribution in [3.05, 3.63) is 46.0 Å². The fourth-order valence-corrected chi connectivity index (χ4v) is 4.27. The predicted molar refractivity (Wildman–Crippen MR) is 112 cm³/mol. The molecule has 8 nitrogen and oxygen atoms in total. The minimum absolute atomic E-state index is 0.0665. The van der Waals surface area contributed by atoms with E-state index in [1.54, 1.807) is 0 Å². The summed E-state index contributed by atoms with van der Waals surface area (Å²) in [6, 6.07) is 5.90. The first-order valence-corrected chi connectivity index (χ1v) is 10.6. The molecule has 0 spiro atoms. The second-order valence-electron chi connectivity index (χ2n) is 7.20. The molecule has 0 aliphatic carbocycles. The minimum atomic E-state index is -0.289. The molecule has 3 heterocycles. The number of benzene rings is 1. The van der Waals surface area contributed by atoms with E-state index in [4.69, 9.17) is 4.74 Å². The molecule has 1 aromatic carbocycles. The predicted octanol–water partition coefficient (Wildman–Crippen LogP) is 2.65. The molecule has 152 valence electrons. The standard InChI is InChI=1S/C20H23N5O3S/c1-12-5-6-15(13(2)8-12)23-16(26)10-29-20-24-17-18(21-11-22-19(17)27)25(20)9-14-4-3-7-28-14/h5-6,8,11,14H,3-4,7,9-10H2,1-2H3,(H,23,26)(H,21,22,27). The molecule has 3 aromatic rings. The number of aryl methyl sites for hydroxylation is 2. The summed E-state index contributed by atoms with van der Waals surface area (Å²) in [7, 11) is 0. The number of carbonyl (C=O) groups excluding carboxylic acids is 1. The summed E-state index contributed by atoms with van der Waals surface area (Å²) in [5.74, 6) is 0.0552. The highest BCUT2D eigenvalue weighted by atomic mass is 32.2. The SMILES string of the molecule is Cc1ccc(NC(=O)CSc2nc3c(=O)[nH]cnc3n2CC2CCCO2)c(C)c1. The largest absolute Gasteiger partial charge is 0.376 e. The van der Waals surface area contributed by atoms with Gasteiger partial charge < -0.3 is 19.6 Å². The number of nitrogens with zero attached hydrogens (tertiary/aromatic N) is 3. The zero-order chi connectivity index (χ0) is 20.4. The number of nitrogens with one attached hydrogen (secondary N) is 2. The van der Waals surface area contributed by atoms with Crippen LogP contribution in [-0.2, 0) is 16.1 Å². The monoisotopic (exact) mass is 413 g/mol. The molecule has 29 heavy (non-hydrogen) atoms. The van der Waals surface area contributed by atoms with Gasteiger partial charge in [0.25, 0.3) is 5.56 Å². The van der Waals surface area contributed by atoms with Gasteiger partial charge in [0.1, 0.15) is 0 Å². The van der Waals surface area contributed by atoms with Crippen molar-refractivity contribution in [2.75, 3.05) is 17.7 Å². The number of aromatic amines is 1. The zero-order valence-corrected chi connectivity index (χ0v) is 17.2. The number of fused-ring (bicyclic) bond motifs is 1. The molecule has 2 aromatic heterocycles. The van der Waals surface area contributed by atoms with Crippen molar-refractivity contribution in [3.8, 4) is 0 Å². The number of thioether (sulfide) groups is 1. The summed E-state index contributed by atoms with van der Waals surface area (Å²) in [5.41, 5.74) is 3.47. The lowest BCUT2D eigenvalue weighted by atomic mass is 10.1. The third kappa shape index (κ3) is 4.35. The molecule has 2 N–H and O–H groups in total. The van der Waals surface area contributed by atoms with Crippen LogP contribution in [-0.4, -0.2) is 43.9 Å². The third-order valence-corrected chi connectivity index (χ3v) is 5.88. The van der Waals surface area contributed by atoms with Crippen LogP contribution in [0.3, 0.4) is 0 Å². The molecule has 1 aliphatic rings. The van der Waals surface area contributed by atoms with E-state index in [-0.39, 0.29) is 28.8 Å². The van der Waals surface area contributed by atoms with Crippen molar-refractivity contribution in [1.82, 2.24) is 19.5 Å². The first-order chi connectivity index (χ1) is 14.0. The van der Waals surface area contributed by atoms with E-state index in [1.165, 1.54) is 18.1 Å². The van der Waals surface area contributed by atoms with E-state index in [0.29, 0.717) is 17.3 Å². The average Bonchev–Trinajstić information content (AvgIpc) is 3.32. The normalized spacial score (nSPS) is 16.4. The van der Waals surface area contributed by atoms with Crippen LogP contribution in [0.2, 0.25) is 0 Å². The van der Waals surface area contributed by atoms with E-state index in [9.17, 15) is 9.59 Å². The van der Waals surface area contributed by atoms with E-state index in [2.05, 4.69) is 20.3 Å². The van der Waals surface area contributed by atoms with Crippen molar-refractivity contribution < 1.29 is 9.53 Å². The topological polar surface area (TPSA) is 102 Å². The highest BCUT2D eigenvalue weighted by Gasteiger charge is 2.22. The van der Waals surface area contributed by atoms with Crippen LogP contribution >= 0.6 is 11.8 Å². The van der Waals surface area contributed by atoms with Crippen LogP contribution in [0, 0.1) is 13.8 Å². The van der Waals surface area contributed by atoms with Crippen molar-refractivity contribution in [2.45, 2.75) is 44.5 Å². The highest BCUT2D eigenvalue weighted by molar-refractivity contribution is 7.99. The van der Waals surface area contributed by atoms with Crippen LogP contribution in [0.1, 0.15) is 24.0 Å². The molecule has 0 radical (unpaired) electrons. The van der Waals surface area contributed by atoms with Crippen molar-refractivity contribution in [3.63, 3.8) is 0 Å². The number of aromatic nitrogens is 4. The number of hydrogen-bond acceptors (Lipinski definition) is 6. The lowest BCUT2D eigenvalue weighted by Crippen LogP contribution is -2.18. The van der Waals surface area contributed by atoms with Crippen molar-refractivity contribution in [1.29, 1.82) is 0 Å². The van der Waals surface area contributed by atoms with Crippen LogP contribution in [0.4, 0.5) is 5.69 Å². The molecule has 1 fully saturated rings. The first-order valence-electron chi connectivity index (χ1n) is 9.56. The molecular weight excluding hydrogens is 390 g/mol. The van der Waals surface area contributed by atoms with Gasteiger partial charge in [0.05, 0.1) is 24.7 Å². The molecule has 0 bridgehead atoms. The molecule has 9 heteroatoms. The van der Waals surface area contributed by atoms with Gasteiger partial charge in [0, 0.05) is 12.3 Å². The summed E-state index contributed by atoms with van der Waals surface area (Å²) in [4.78, 5) is 35.9. The summed E-state index contributed by atoms with van der Waals surface area (Å²) < 4.78 is 7.62. The maximum absolute atomic E-state index is 12.5. The Bertz CT molecular complexity index is 1100. The van der Waals surface area contributed by atoms with Gasteiger partial charge >= 0.3 is 0 Å². The van der Waals surface area contributed by atoms with Crippen LogP contribution in [0.15, 0.2) is 34.5 Å². The molecule has 1 saturated heterocycles. The van der Waals surface area contributed by atoms with Crippen LogP contribution in [0.5, 0.6) is 0 Å². The van der Waals surface area contributed by atoms with Gasteiger partial charge in [0.15, 0.2) is 16.3 Å². The maximum Gasteiger partial charge on any atom is 0.278 e. The zero-order valence-electron chi connectivity index (χ0n) is 16.4. The second kappa shape index (κ2) is 8.38.